The van der Waals surface area contributed by atoms with Crippen LogP contribution >= 0.6 is 31.9 Å². The molecule has 3 N–H and O–H groups in total. The van der Waals surface area contributed by atoms with Crippen molar-refractivity contribution in [1.29, 1.82) is 0 Å². The summed E-state index contributed by atoms with van der Waals surface area (Å²) in [7, 11) is 0. The van der Waals surface area contributed by atoms with Crippen molar-refractivity contribution in [3.05, 3.63) is 32.7 Å². The highest BCUT2D eigenvalue weighted by Crippen LogP contribution is 2.47. The first-order valence-corrected chi connectivity index (χ1v) is 8.40. The Labute approximate surface area is 132 Å². The van der Waals surface area contributed by atoms with Crippen LogP contribution < -0.4 is 5.73 Å². The summed E-state index contributed by atoms with van der Waals surface area (Å²) < 4.78 is 1.97. The molecule has 0 spiro atoms. The van der Waals surface area contributed by atoms with Crippen molar-refractivity contribution < 1.29 is 5.11 Å². The maximum Gasteiger partial charge on any atom is 0.0858 e. The molecule has 1 fully saturated rings. The molecule has 2 nitrogen and oxygen atoms in total. The Morgan fingerprint density at radius 2 is 2.16 bits per heavy atom. The summed E-state index contributed by atoms with van der Waals surface area (Å²) in [6.45, 7) is 2.81. The lowest BCUT2D eigenvalue weighted by Gasteiger charge is -2.43. The van der Waals surface area contributed by atoms with E-state index in [2.05, 4.69) is 38.8 Å². The monoisotopic (exact) mass is 389 g/mol. The van der Waals surface area contributed by atoms with Crippen LogP contribution in [0.1, 0.15) is 44.3 Å². The van der Waals surface area contributed by atoms with E-state index in [1.54, 1.807) is 0 Å². The Morgan fingerprint density at radius 1 is 1.42 bits per heavy atom. The molecule has 4 heteroatoms. The van der Waals surface area contributed by atoms with Gasteiger partial charge in [-0.05, 0) is 68.3 Å². The van der Waals surface area contributed by atoms with E-state index in [9.17, 15) is 5.11 Å². The summed E-state index contributed by atoms with van der Waals surface area (Å²) >= 11 is 6.96. The zero-order chi connectivity index (χ0) is 14.0. The van der Waals surface area contributed by atoms with Gasteiger partial charge in [0.25, 0.3) is 0 Å². The fraction of sp³-hybridized carbons (Fsp3) is 0.600. The van der Waals surface area contributed by atoms with Crippen LogP contribution in [0.25, 0.3) is 0 Å². The van der Waals surface area contributed by atoms with Crippen LogP contribution in [0.3, 0.4) is 0 Å². The molecule has 0 aromatic heterocycles. The number of halogens is 2. The van der Waals surface area contributed by atoms with Crippen LogP contribution in [0.4, 0.5) is 0 Å². The molecule has 0 amide bonds. The van der Waals surface area contributed by atoms with Gasteiger partial charge in [0.1, 0.15) is 0 Å². The van der Waals surface area contributed by atoms with Crippen molar-refractivity contribution in [3.63, 3.8) is 0 Å². The quantitative estimate of drug-likeness (QED) is 0.803. The molecule has 0 aliphatic heterocycles. The average Bonchev–Trinajstić information content (AvgIpc) is 2.41. The van der Waals surface area contributed by atoms with Crippen LogP contribution in [0, 0.1) is 11.3 Å². The number of hydrogen-bond donors (Lipinski definition) is 2. The van der Waals surface area contributed by atoms with Gasteiger partial charge in [-0.1, -0.05) is 25.8 Å². The smallest absolute Gasteiger partial charge is 0.0858 e. The van der Waals surface area contributed by atoms with Crippen molar-refractivity contribution in [2.24, 2.45) is 17.1 Å². The van der Waals surface area contributed by atoms with E-state index >= 15 is 0 Å². The van der Waals surface area contributed by atoms with Gasteiger partial charge in [0.2, 0.25) is 0 Å². The minimum absolute atomic E-state index is 0.162. The van der Waals surface area contributed by atoms with Crippen LogP contribution in [0.15, 0.2) is 27.1 Å². The molecule has 1 aliphatic carbocycles. The van der Waals surface area contributed by atoms with E-state index in [1.807, 2.05) is 18.2 Å². The second-order valence-corrected chi connectivity index (χ2v) is 7.55. The van der Waals surface area contributed by atoms with Gasteiger partial charge in [-0.15, -0.1) is 0 Å². The number of benzene rings is 1. The van der Waals surface area contributed by atoms with Crippen LogP contribution in [0.2, 0.25) is 0 Å². The van der Waals surface area contributed by atoms with Crippen molar-refractivity contribution in [1.82, 2.24) is 0 Å². The molecule has 1 aliphatic rings. The molecule has 2 rings (SSSR count). The van der Waals surface area contributed by atoms with Gasteiger partial charge in [-0.25, -0.2) is 0 Å². The summed E-state index contributed by atoms with van der Waals surface area (Å²) in [5.41, 5.74) is 6.82. The SMILES string of the molecule is CC1CCCC(CN)(C(O)c2ccc(Br)c(Br)c2)C1. The van der Waals surface area contributed by atoms with E-state index < -0.39 is 6.10 Å². The molecule has 106 valence electrons. The van der Waals surface area contributed by atoms with Gasteiger partial charge in [-0.3, -0.25) is 0 Å². The van der Waals surface area contributed by atoms with Gasteiger partial charge < -0.3 is 10.8 Å². The van der Waals surface area contributed by atoms with Crippen molar-refractivity contribution in [3.8, 4) is 0 Å². The van der Waals surface area contributed by atoms with Gasteiger partial charge in [0.05, 0.1) is 6.10 Å². The first-order valence-electron chi connectivity index (χ1n) is 6.81. The second kappa shape index (κ2) is 6.25. The largest absolute Gasteiger partial charge is 0.388 e. The lowest BCUT2D eigenvalue weighted by Crippen LogP contribution is -2.40. The zero-order valence-corrected chi connectivity index (χ0v) is 14.4. The van der Waals surface area contributed by atoms with Gasteiger partial charge in [0.15, 0.2) is 0 Å². The summed E-state index contributed by atoms with van der Waals surface area (Å²) in [6.07, 6.45) is 3.96. The second-order valence-electron chi connectivity index (χ2n) is 5.84. The third-order valence-corrected chi connectivity index (χ3v) is 6.25. The first kappa shape index (κ1) is 15.5. The highest BCUT2D eigenvalue weighted by Gasteiger charge is 2.40. The molecular formula is C15H21Br2NO. The predicted molar refractivity (Wildman–Crippen MR) is 85.9 cm³/mol. The summed E-state index contributed by atoms with van der Waals surface area (Å²) in [4.78, 5) is 0. The number of aliphatic hydroxyl groups is 1. The van der Waals surface area contributed by atoms with Crippen molar-refractivity contribution >= 4 is 31.9 Å². The fourth-order valence-corrected chi connectivity index (χ4v) is 3.93. The average molecular weight is 391 g/mol. The Kier molecular flexibility index (Phi) is 5.09. The predicted octanol–water partition coefficient (Wildman–Crippen LogP) is 4.40. The molecule has 1 saturated carbocycles. The summed E-state index contributed by atoms with van der Waals surface area (Å²) in [6, 6.07) is 5.95. The fourth-order valence-electron chi connectivity index (χ4n) is 3.28. The third-order valence-electron chi connectivity index (χ3n) is 4.37. The third kappa shape index (κ3) is 3.23. The topological polar surface area (TPSA) is 46.2 Å². The van der Waals surface area contributed by atoms with E-state index in [-0.39, 0.29) is 5.41 Å². The highest BCUT2D eigenvalue weighted by atomic mass is 79.9. The maximum absolute atomic E-state index is 10.8. The Bertz CT molecular complexity index is 452. The van der Waals surface area contributed by atoms with Gasteiger partial charge in [-0.2, -0.15) is 0 Å². The Hall–Kier alpha value is 0.1000. The zero-order valence-electron chi connectivity index (χ0n) is 11.2. The lowest BCUT2D eigenvalue weighted by molar-refractivity contribution is -0.0131. The molecule has 3 atom stereocenters. The minimum atomic E-state index is -0.482. The lowest BCUT2D eigenvalue weighted by atomic mass is 9.65. The van der Waals surface area contributed by atoms with Crippen molar-refractivity contribution in [2.45, 2.75) is 38.7 Å². The molecule has 0 saturated heterocycles. The van der Waals surface area contributed by atoms with E-state index in [4.69, 9.17) is 5.73 Å². The first-order chi connectivity index (χ1) is 8.98. The number of hydrogen-bond acceptors (Lipinski definition) is 2. The normalized spacial score (nSPS) is 29.2. The molecular weight excluding hydrogens is 370 g/mol. The van der Waals surface area contributed by atoms with E-state index in [1.165, 1.54) is 6.42 Å². The number of aliphatic hydroxyl groups excluding tert-OH is 1. The minimum Gasteiger partial charge on any atom is -0.388 e. The van der Waals surface area contributed by atoms with Gasteiger partial charge in [0, 0.05) is 20.9 Å². The highest BCUT2D eigenvalue weighted by molar-refractivity contribution is 9.13. The Balaban J connectivity index is 2.29. The van der Waals surface area contributed by atoms with Crippen LogP contribution in [-0.4, -0.2) is 11.7 Å². The van der Waals surface area contributed by atoms with E-state index in [0.29, 0.717) is 12.5 Å². The number of rotatable bonds is 3. The maximum atomic E-state index is 10.8. The standard InChI is InChI=1S/C15H21Br2NO/c1-10-3-2-6-15(8-10,9-18)14(19)11-4-5-12(16)13(17)7-11/h4-5,7,10,14,19H,2-3,6,8-9,18H2,1H3. The van der Waals surface area contributed by atoms with Crippen molar-refractivity contribution in [2.75, 3.05) is 6.54 Å². The number of nitrogens with two attached hydrogens (primary N) is 1. The molecule has 0 heterocycles. The molecule has 0 bridgehead atoms. The van der Waals surface area contributed by atoms with E-state index in [0.717, 1.165) is 33.8 Å². The molecule has 1 aromatic rings. The molecule has 3 unspecified atom stereocenters. The molecule has 1 aromatic carbocycles. The summed E-state index contributed by atoms with van der Waals surface area (Å²) in [5, 5.41) is 10.8. The Morgan fingerprint density at radius 3 is 2.74 bits per heavy atom. The molecule has 0 radical (unpaired) electrons. The molecule has 19 heavy (non-hydrogen) atoms. The van der Waals surface area contributed by atoms with Crippen LogP contribution in [-0.2, 0) is 0 Å². The summed E-state index contributed by atoms with van der Waals surface area (Å²) in [5.74, 6) is 0.644. The van der Waals surface area contributed by atoms with Gasteiger partial charge >= 0.3 is 0 Å². The van der Waals surface area contributed by atoms with Crippen LogP contribution in [0.5, 0.6) is 0 Å².